The molecule has 1 unspecified atom stereocenters. The number of carbonyl (C=O) groups is 3. The highest BCUT2D eigenvalue weighted by atomic mass is 16.7. The Bertz CT molecular complexity index is 1890. The molecule has 1 aromatic heterocycles. The third-order valence-corrected chi connectivity index (χ3v) is 10.2. The number of fused-ring (bicyclic) bond motifs is 3. The number of methoxy groups -OCH3 is 3. The summed E-state index contributed by atoms with van der Waals surface area (Å²) in [5, 5.41) is 14.9. The lowest BCUT2D eigenvalue weighted by atomic mass is 9.65. The van der Waals surface area contributed by atoms with Crippen LogP contribution in [-0.4, -0.2) is 73.9 Å². The van der Waals surface area contributed by atoms with Gasteiger partial charge in [0.15, 0.2) is 28.8 Å². The first-order chi connectivity index (χ1) is 24.3. The summed E-state index contributed by atoms with van der Waals surface area (Å²) < 4.78 is 45.5. The van der Waals surface area contributed by atoms with E-state index in [2.05, 4.69) is 5.32 Å². The van der Waals surface area contributed by atoms with Gasteiger partial charge in [-0.1, -0.05) is 6.08 Å². The van der Waals surface area contributed by atoms with Crippen LogP contribution in [0.3, 0.4) is 0 Å². The van der Waals surface area contributed by atoms with Gasteiger partial charge in [0, 0.05) is 11.8 Å². The smallest absolute Gasteiger partial charge is 0.336 e. The number of hydrogen-bond acceptors (Lipinski definition) is 13. The first kappa shape index (κ1) is 34.2. The standard InChI is InChI=1S/C37H40N2O12/c1-36(2)15-22(37(3,4)39(36)43)34(41)51-32(23-9-8-10-47-23)33(40)38-30-20-14-25-24(49-17-50-25)13-19(20)28(29-21(30)16-48-35(29)42)18-11-26(44-5)31(46-7)27(12-18)45-6/h8-15,21,28-30,32,43H,16-17H2,1-7H3,(H,38,40)/t21-,28+,29-,30+,32?/m0/s1. The summed E-state index contributed by atoms with van der Waals surface area (Å²) in [7, 11) is 4.54. The van der Waals surface area contributed by atoms with Crippen molar-refractivity contribution in [1.82, 2.24) is 10.4 Å². The van der Waals surface area contributed by atoms with E-state index in [4.69, 9.17) is 37.6 Å². The molecule has 1 amide bonds. The van der Waals surface area contributed by atoms with Crippen LogP contribution in [0.2, 0.25) is 0 Å². The van der Waals surface area contributed by atoms with E-state index < -0.39 is 58.8 Å². The van der Waals surface area contributed by atoms with Gasteiger partial charge in [-0.05, 0) is 80.8 Å². The second-order valence-corrected chi connectivity index (χ2v) is 14.0. The molecule has 1 saturated heterocycles. The topological polar surface area (TPSA) is 164 Å². The third kappa shape index (κ3) is 5.53. The van der Waals surface area contributed by atoms with Gasteiger partial charge >= 0.3 is 11.9 Å². The van der Waals surface area contributed by atoms with Crippen molar-refractivity contribution in [2.45, 2.75) is 56.8 Å². The summed E-state index contributed by atoms with van der Waals surface area (Å²) in [5.41, 5.74) is 0.251. The number of hydrogen-bond donors (Lipinski definition) is 2. The fraction of sp³-hybridized carbons (Fsp3) is 0.432. The molecule has 14 nitrogen and oxygen atoms in total. The Hall–Kier alpha value is -5.21. The molecule has 0 bridgehead atoms. The molecule has 3 aromatic rings. The highest BCUT2D eigenvalue weighted by molar-refractivity contribution is 5.94. The first-order valence-corrected chi connectivity index (χ1v) is 16.5. The zero-order valence-electron chi connectivity index (χ0n) is 29.3. The van der Waals surface area contributed by atoms with Gasteiger partial charge in [-0.3, -0.25) is 9.59 Å². The highest BCUT2D eigenvalue weighted by Crippen LogP contribution is 2.56. The minimum atomic E-state index is -1.51. The SMILES string of the molecule is COc1cc([C@@H]2c3cc4c(cc3[C@@H](NC(=O)C(OC(=O)C3=CC(C)(C)N(O)C3(C)C)c3ccco3)[C@H]3COC(=O)[C@H]23)OCO4)cc(OC)c1OC. The number of ether oxygens (including phenoxy) is 7. The predicted molar refractivity (Wildman–Crippen MR) is 177 cm³/mol. The highest BCUT2D eigenvalue weighted by Gasteiger charge is 2.54. The van der Waals surface area contributed by atoms with Gasteiger partial charge in [0.05, 0.1) is 62.8 Å². The number of esters is 2. The number of benzene rings is 2. The van der Waals surface area contributed by atoms with Crippen LogP contribution in [-0.2, 0) is 23.9 Å². The van der Waals surface area contributed by atoms with E-state index in [1.165, 1.54) is 33.7 Å². The largest absolute Gasteiger partial charge is 0.493 e. The normalized spacial score (nSPS) is 24.5. The number of carbonyl (C=O) groups excluding carboxylic acids is 3. The maximum absolute atomic E-state index is 14.4. The van der Waals surface area contributed by atoms with Crippen molar-refractivity contribution in [1.29, 1.82) is 0 Å². The van der Waals surface area contributed by atoms with Crippen LogP contribution in [0.1, 0.15) is 68.2 Å². The van der Waals surface area contributed by atoms with Crippen molar-refractivity contribution >= 4 is 17.8 Å². The van der Waals surface area contributed by atoms with Crippen molar-refractivity contribution in [3.8, 4) is 28.7 Å². The molecular weight excluding hydrogens is 664 g/mol. The molecular formula is C37H40N2O12. The van der Waals surface area contributed by atoms with Gasteiger partial charge in [-0.25, -0.2) is 4.79 Å². The molecule has 1 aliphatic carbocycles. The van der Waals surface area contributed by atoms with E-state index in [0.29, 0.717) is 45.4 Å². The zero-order chi connectivity index (χ0) is 36.4. The Balaban J connectivity index is 1.29. The monoisotopic (exact) mass is 704 g/mol. The number of nitrogens with zero attached hydrogens (tertiary/aromatic N) is 1. The Morgan fingerprint density at radius 3 is 2.20 bits per heavy atom. The average molecular weight is 705 g/mol. The summed E-state index contributed by atoms with van der Waals surface area (Å²) in [4.78, 5) is 41.7. The Morgan fingerprint density at radius 2 is 1.63 bits per heavy atom. The quantitative estimate of drug-likeness (QED) is 0.297. The number of furan rings is 1. The fourth-order valence-electron chi connectivity index (χ4n) is 7.84. The molecule has 5 atom stereocenters. The van der Waals surface area contributed by atoms with E-state index in [1.807, 2.05) is 6.07 Å². The van der Waals surface area contributed by atoms with Gasteiger partial charge in [-0.15, -0.1) is 0 Å². The number of amides is 1. The van der Waals surface area contributed by atoms with E-state index in [-0.39, 0.29) is 24.7 Å². The van der Waals surface area contributed by atoms with Gasteiger partial charge in [0.25, 0.3) is 5.91 Å². The molecule has 51 heavy (non-hydrogen) atoms. The summed E-state index contributed by atoms with van der Waals surface area (Å²) in [6.07, 6.45) is 1.47. The molecule has 0 spiro atoms. The van der Waals surface area contributed by atoms with Crippen LogP contribution in [0, 0.1) is 11.8 Å². The number of rotatable bonds is 9. The van der Waals surface area contributed by atoms with Gasteiger partial charge in [-0.2, -0.15) is 5.06 Å². The third-order valence-electron chi connectivity index (χ3n) is 10.2. The molecule has 0 radical (unpaired) electrons. The van der Waals surface area contributed by atoms with Crippen LogP contribution >= 0.6 is 0 Å². The zero-order valence-corrected chi connectivity index (χ0v) is 29.3. The number of cyclic esters (lactones) is 1. The van der Waals surface area contributed by atoms with Crippen molar-refractivity contribution in [2.75, 3.05) is 34.7 Å². The lowest BCUT2D eigenvalue weighted by Crippen LogP contribution is -2.49. The molecule has 2 N–H and O–H groups in total. The molecule has 4 aliphatic rings. The van der Waals surface area contributed by atoms with E-state index in [1.54, 1.807) is 58.0 Å². The number of nitrogens with one attached hydrogen (secondary N) is 1. The van der Waals surface area contributed by atoms with E-state index >= 15 is 0 Å². The fourth-order valence-corrected chi connectivity index (χ4v) is 7.84. The maximum Gasteiger partial charge on any atom is 0.336 e. The average Bonchev–Trinajstić information content (AvgIpc) is 3.91. The summed E-state index contributed by atoms with van der Waals surface area (Å²) in [6.45, 7) is 6.89. The molecule has 3 aliphatic heterocycles. The molecule has 2 aromatic carbocycles. The second kappa shape index (κ2) is 12.5. The maximum atomic E-state index is 14.4. The molecule has 1 fully saturated rings. The Labute approximate surface area is 294 Å². The van der Waals surface area contributed by atoms with Crippen LogP contribution in [0.15, 0.2) is 58.7 Å². The molecule has 14 heteroatoms. The van der Waals surface area contributed by atoms with Gasteiger partial charge in [0.1, 0.15) is 0 Å². The van der Waals surface area contributed by atoms with E-state index in [0.717, 1.165) is 5.06 Å². The minimum Gasteiger partial charge on any atom is -0.493 e. The first-order valence-electron chi connectivity index (χ1n) is 16.5. The summed E-state index contributed by atoms with van der Waals surface area (Å²) in [6, 6.07) is 9.52. The van der Waals surface area contributed by atoms with Crippen molar-refractivity contribution in [2.24, 2.45) is 11.8 Å². The lowest BCUT2D eigenvalue weighted by Gasteiger charge is -2.40. The number of hydroxylamine groups is 2. The molecule has 270 valence electrons. The van der Waals surface area contributed by atoms with Crippen molar-refractivity contribution < 1.29 is 57.2 Å². The van der Waals surface area contributed by atoms with E-state index in [9.17, 15) is 19.6 Å². The molecule has 7 rings (SSSR count). The molecule has 0 saturated carbocycles. The van der Waals surface area contributed by atoms with Crippen molar-refractivity contribution in [3.05, 3.63) is 76.8 Å². The lowest BCUT2D eigenvalue weighted by molar-refractivity contribution is -0.188. The minimum absolute atomic E-state index is 0.00376. The second-order valence-electron chi connectivity index (χ2n) is 14.0. The van der Waals surface area contributed by atoms with Crippen LogP contribution in [0.25, 0.3) is 0 Å². The predicted octanol–water partition coefficient (Wildman–Crippen LogP) is 4.60. The summed E-state index contributed by atoms with van der Waals surface area (Å²) in [5.74, 6) is -1.55. The van der Waals surface area contributed by atoms with Crippen LogP contribution in [0.4, 0.5) is 0 Å². The van der Waals surface area contributed by atoms with Crippen LogP contribution in [0.5, 0.6) is 28.7 Å². The van der Waals surface area contributed by atoms with Gasteiger partial charge in [0.2, 0.25) is 18.6 Å². The molecule has 4 heterocycles. The van der Waals surface area contributed by atoms with Crippen molar-refractivity contribution in [3.63, 3.8) is 0 Å². The Kier molecular flexibility index (Phi) is 8.41. The summed E-state index contributed by atoms with van der Waals surface area (Å²) >= 11 is 0. The Morgan fingerprint density at radius 1 is 0.961 bits per heavy atom. The van der Waals surface area contributed by atoms with Crippen LogP contribution < -0.4 is 29.0 Å². The van der Waals surface area contributed by atoms with Gasteiger partial charge < -0.3 is 48.1 Å².